The Labute approximate surface area is 83.8 Å². The molecule has 0 spiro atoms. The topological polar surface area (TPSA) is 75.8 Å². The van der Waals surface area contributed by atoms with Crippen molar-refractivity contribution in [2.24, 2.45) is 11.7 Å². The Kier molecular flexibility index (Phi) is 4.86. The second kappa shape index (κ2) is 5.95. The van der Waals surface area contributed by atoms with Gasteiger partial charge in [-0.15, -0.1) is 0 Å². The lowest BCUT2D eigenvalue weighted by Crippen LogP contribution is -2.29. The Morgan fingerprint density at radius 2 is 2.36 bits per heavy atom. The fraction of sp³-hybridized carbons (Fsp3) is 0.889. The molecule has 5 nitrogen and oxygen atoms in total. The lowest BCUT2D eigenvalue weighted by molar-refractivity contribution is -0.128. The van der Waals surface area contributed by atoms with E-state index in [1.807, 2.05) is 0 Å². The average Bonchev–Trinajstić information content (AvgIpc) is 2.54. The van der Waals surface area contributed by atoms with Crippen molar-refractivity contribution < 1.29 is 14.6 Å². The van der Waals surface area contributed by atoms with E-state index in [2.05, 4.69) is 0 Å². The number of aliphatic hydroxyl groups is 1. The van der Waals surface area contributed by atoms with Gasteiger partial charge in [-0.2, -0.15) is 0 Å². The van der Waals surface area contributed by atoms with Crippen molar-refractivity contribution in [1.29, 1.82) is 0 Å². The van der Waals surface area contributed by atoms with Crippen LogP contribution in [0.15, 0.2) is 0 Å². The van der Waals surface area contributed by atoms with Crippen LogP contribution in [0, 0.1) is 5.92 Å². The van der Waals surface area contributed by atoms with Crippen LogP contribution in [0.3, 0.4) is 0 Å². The molecule has 14 heavy (non-hydrogen) atoms. The highest BCUT2D eigenvalue weighted by molar-refractivity contribution is 5.78. The summed E-state index contributed by atoms with van der Waals surface area (Å²) < 4.78 is 5.18. The summed E-state index contributed by atoms with van der Waals surface area (Å²) in [6, 6.07) is 0. The number of hydrogen-bond acceptors (Lipinski definition) is 4. The maximum atomic E-state index is 11.3. The van der Waals surface area contributed by atoms with Gasteiger partial charge >= 0.3 is 0 Å². The Balaban J connectivity index is 2.15. The number of ether oxygens (including phenoxy) is 1. The van der Waals surface area contributed by atoms with Gasteiger partial charge in [0.2, 0.25) is 5.91 Å². The molecule has 0 radical (unpaired) electrons. The summed E-state index contributed by atoms with van der Waals surface area (Å²) in [6.07, 6.45) is 0.466. The van der Waals surface area contributed by atoms with E-state index in [1.54, 1.807) is 4.90 Å². The van der Waals surface area contributed by atoms with Crippen molar-refractivity contribution in [3.05, 3.63) is 0 Å². The molecule has 1 fully saturated rings. The summed E-state index contributed by atoms with van der Waals surface area (Å²) in [6.45, 7) is 2.92. The van der Waals surface area contributed by atoms with Crippen LogP contribution in [-0.2, 0) is 9.53 Å². The molecule has 1 saturated heterocycles. The third-order valence-corrected chi connectivity index (χ3v) is 2.32. The van der Waals surface area contributed by atoms with Crippen LogP contribution in [0.4, 0.5) is 0 Å². The molecule has 1 aliphatic heterocycles. The second-order valence-electron chi connectivity index (χ2n) is 3.49. The molecule has 1 unspecified atom stereocenters. The fourth-order valence-corrected chi connectivity index (χ4v) is 1.55. The van der Waals surface area contributed by atoms with Crippen molar-refractivity contribution in [2.45, 2.75) is 6.42 Å². The van der Waals surface area contributed by atoms with Gasteiger partial charge in [0.1, 0.15) is 0 Å². The first kappa shape index (κ1) is 11.4. The molecule has 0 aromatic heterocycles. The van der Waals surface area contributed by atoms with Gasteiger partial charge < -0.3 is 20.5 Å². The predicted molar refractivity (Wildman–Crippen MR) is 51.6 cm³/mol. The Hall–Kier alpha value is -0.650. The zero-order valence-electron chi connectivity index (χ0n) is 8.32. The van der Waals surface area contributed by atoms with E-state index >= 15 is 0 Å². The highest BCUT2D eigenvalue weighted by Gasteiger charge is 2.28. The molecule has 1 heterocycles. The molecule has 0 aromatic carbocycles. The van der Waals surface area contributed by atoms with E-state index in [4.69, 9.17) is 15.6 Å². The lowest BCUT2D eigenvalue weighted by Gasteiger charge is -2.15. The van der Waals surface area contributed by atoms with E-state index < -0.39 is 0 Å². The molecule has 1 aliphatic rings. The van der Waals surface area contributed by atoms with Gasteiger partial charge in [0.05, 0.1) is 13.2 Å². The van der Waals surface area contributed by atoms with Gasteiger partial charge in [-0.1, -0.05) is 0 Å². The van der Waals surface area contributed by atoms with Gasteiger partial charge in [0.25, 0.3) is 0 Å². The van der Waals surface area contributed by atoms with Crippen LogP contribution in [0.1, 0.15) is 6.42 Å². The van der Waals surface area contributed by atoms with Gasteiger partial charge in [-0.05, 0) is 0 Å². The summed E-state index contributed by atoms with van der Waals surface area (Å²) in [5, 5.41) is 8.88. The SMILES string of the molecule is NCCOCCN1CC(CO)CC1=O. The third kappa shape index (κ3) is 3.25. The van der Waals surface area contributed by atoms with Crippen LogP contribution >= 0.6 is 0 Å². The number of carbonyl (C=O) groups is 1. The van der Waals surface area contributed by atoms with Crippen LogP contribution in [0.5, 0.6) is 0 Å². The minimum absolute atomic E-state index is 0.0892. The third-order valence-electron chi connectivity index (χ3n) is 2.32. The van der Waals surface area contributed by atoms with Crippen molar-refractivity contribution in [2.75, 3.05) is 39.5 Å². The second-order valence-corrected chi connectivity index (χ2v) is 3.49. The molecule has 0 aliphatic carbocycles. The normalized spacial score (nSPS) is 22.0. The summed E-state index contributed by atoms with van der Waals surface area (Å²) in [4.78, 5) is 13.1. The molecular weight excluding hydrogens is 184 g/mol. The molecule has 0 bridgehead atoms. The van der Waals surface area contributed by atoms with Crippen LogP contribution < -0.4 is 5.73 Å². The number of nitrogens with zero attached hydrogens (tertiary/aromatic N) is 1. The van der Waals surface area contributed by atoms with E-state index in [9.17, 15) is 4.79 Å². The molecule has 82 valence electrons. The average molecular weight is 202 g/mol. The van der Waals surface area contributed by atoms with E-state index in [0.717, 1.165) is 0 Å². The maximum absolute atomic E-state index is 11.3. The van der Waals surface area contributed by atoms with Crippen LogP contribution in [0.2, 0.25) is 0 Å². The van der Waals surface area contributed by atoms with Crippen molar-refractivity contribution in [1.82, 2.24) is 4.90 Å². The maximum Gasteiger partial charge on any atom is 0.223 e. The van der Waals surface area contributed by atoms with Crippen molar-refractivity contribution in [3.63, 3.8) is 0 Å². The van der Waals surface area contributed by atoms with E-state index in [-0.39, 0.29) is 18.4 Å². The van der Waals surface area contributed by atoms with Crippen molar-refractivity contribution in [3.8, 4) is 0 Å². The zero-order valence-corrected chi connectivity index (χ0v) is 8.32. The van der Waals surface area contributed by atoms with Gasteiger partial charge in [-0.3, -0.25) is 4.79 Å². The Morgan fingerprint density at radius 3 is 2.93 bits per heavy atom. The minimum Gasteiger partial charge on any atom is -0.396 e. The molecule has 1 rings (SSSR count). The molecule has 0 aromatic rings. The number of nitrogens with two attached hydrogens (primary N) is 1. The smallest absolute Gasteiger partial charge is 0.223 e. The van der Waals surface area contributed by atoms with E-state index in [0.29, 0.717) is 39.3 Å². The number of hydrogen-bond donors (Lipinski definition) is 2. The number of likely N-dealkylation sites (tertiary alicyclic amines) is 1. The fourth-order valence-electron chi connectivity index (χ4n) is 1.55. The quantitative estimate of drug-likeness (QED) is 0.531. The molecule has 1 atom stereocenters. The highest BCUT2D eigenvalue weighted by atomic mass is 16.5. The largest absolute Gasteiger partial charge is 0.396 e. The first-order chi connectivity index (χ1) is 6.77. The zero-order chi connectivity index (χ0) is 10.4. The summed E-state index contributed by atoms with van der Waals surface area (Å²) in [7, 11) is 0. The monoisotopic (exact) mass is 202 g/mol. The summed E-state index contributed by atoms with van der Waals surface area (Å²) in [5.41, 5.74) is 5.26. The molecule has 0 saturated carbocycles. The Bertz CT molecular complexity index is 187. The molecular formula is C9H18N2O3. The van der Waals surface area contributed by atoms with Crippen LogP contribution in [0.25, 0.3) is 0 Å². The molecule has 3 N–H and O–H groups in total. The Morgan fingerprint density at radius 1 is 1.57 bits per heavy atom. The van der Waals surface area contributed by atoms with Crippen molar-refractivity contribution >= 4 is 5.91 Å². The first-order valence-electron chi connectivity index (χ1n) is 4.94. The van der Waals surface area contributed by atoms with Gasteiger partial charge in [-0.25, -0.2) is 0 Å². The number of aliphatic hydroxyl groups excluding tert-OH is 1. The number of carbonyl (C=O) groups excluding carboxylic acids is 1. The highest BCUT2D eigenvalue weighted by Crippen LogP contribution is 2.16. The lowest BCUT2D eigenvalue weighted by atomic mass is 10.1. The summed E-state index contributed by atoms with van der Waals surface area (Å²) in [5.74, 6) is 0.220. The molecule has 5 heteroatoms. The van der Waals surface area contributed by atoms with Gasteiger partial charge in [0.15, 0.2) is 0 Å². The number of rotatable bonds is 6. The van der Waals surface area contributed by atoms with E-state index in [1.165, 1.54) is 0 Å². The minimum atomic E-state index is 0.0892. The molecule has 1 amide bonds. The number of amides is 1. The van der Waals surface area contributed by atoms with Crippen LogP contribution in [-0.4, -0.2) is 55.4 Å². The first-order valence-corrected chi connectivity index (χ1v) is 4.94. The standard InChI is InChI=1S/C9H18N2O3/c10-1-3-14-4-2-11-6-8(7-12)5-9(11)13/h8,12H,1-7,10H2. The van der Waals surface area contributed by atoms with Gasteiger partial charge in [0, 0.05) is 38.6 Å². The predicted octanol–water partition coefficient (Wildman–Crippen LogP) is -1.20. The summed E-state index contributed by atoms with van der Waals surface area (Å²) >= 11 is 0.